The average Bonchev–Trinajstić information content (AvgIpc) is 2.78. The molecule has 32 heavy (non-hydrogen) atoms. The van der Waals surface area contributed by atoms with Crippen LogP contribution >= 0.6 is 0 Å². The normalized spacial score (nSPS) is 14.8. The molecule has 6 nitrogen and oxygen atoms in total. The van der Waals surface area contributed by atoms with Crippen molar-refractivity contribution in [1.82, 2.24) is 15.1 Å². The Labute approximate surface area is 184 Å². The Morgan fingerprint density at radius 2 is 1.72 bits per heavy atom. The van der Waals surface area contributed by atoms with Crippen LogP contribution < -0.4 is 10.1 Å². The Bertz CT molecular complexity index is 924. The predicted molar refractivity (Wildman–Crippen MR) is 113 cm³/mol. The number of rotatable bonds is 7. The lowest BCUT2D eigenvalue weighted by molar-refractivity contribution is -0.137. The van der Waals surface area contributed by atoms with Gasteiger partial charge < -0.3 is 15.0 Å². The van der Waals surface area contributed by atoms with E-state index in [9.17, 15) is 22.8 Å². The third-order valence-electron chi connectivity index (χ3n) is 5.21. The highest BCUT2D eigenvalue weighted by Crippen LogP contribution is 2.29. The minimum atomic E-state index is -4.36. The van der Waals surface area contributed by atoms with Gasteiger partial charge in [-0.1, -0.05) is 18.2 Å². The van der Waals surface area contributed by atoms with Gasteiger partial charge in [-0.2, -0.15) is 13.2 Å². The predicted octanol–water partition coefficient (Wildman–Crippen LogP) is 3.18. The van der Waals surface area contributed by atoms with Crippen LogP contribution in [0.25, 0.3) is 0 Å². The fourth-order valence-corrected chi connectivity index (χ4v) is 3.50. The fraction of sp³-hybridized carbons (Fsp3) is 0.391. The maximum absolute atomic E-state index is 12.9. The highest BCUT2D eigenvalue weighted by atomic mass is 19.4. The molecule has 1 fully saturated rings. The molecule has 1 saturated heterocycles. The van der Waals surface area contributed by atoms with E-state index in [4.69, 9.17) is 4.74 Å². The van der Waals surface area contributed by atoms with E-state index in [0.29, 0.717) is 56.2 Å². The number of carbonyl (C=O) groups is 2. The van der Waals surface area contributed by atoms with Crippen LogP contribution in [-0.4, -0.2) is 60.9 Å². The molecule has 0 atom stereocenters. The molecular formula is C23H26F3N3O3. The van der Waals surface area contributed by atoms with E-state index in [0.717, 1.165) is 12.1 Å². The van der Waals surface area contributed by atoms with Gasteiger partial charge in [-0.15, -0.1) is 0 Å². The number of hydrogen-bond acceptors (Lipinski definition) is 4. The Hall–Kier alpha value is -3.07. The Balaban J connectivity index is 1.44. The first-order chi connectivity index (χ1) is 15.3. The van der Waals surface area contributed by atoms with Crippen molar-refractivity contribution < 1.29 is 27.5 Å². The summed E-state index contributed by atoms with van der Waals surface area (Å²) in [5.41, 5.74) is 0.362. The molecule has 0 aromatic heterocycles. The van der Waals surface area contributed by atoms with Crippen molar-refractivity contribution in [2.45, 2.75) is 19.6 Å². The largest absolute Gasteiger partial charge is 0.494 e. The summed E-state index contributed by atoms with van der Waals surface area (Å²) in [6.45, 7) is 4.70. The molecule has 2 amide bonds. The molecule has 1 N–H and O–H groups in total. The van der Waals surface area contributed by atoms with Gasteiger partial charge in [0.15, 0.2) is 0 Å². The Morgan fingerprint density at radius 3 is 2.34 bits per heavy atom. The molecule has 9 heteroatoms. The minimum absolute atomic E-state index is 0.111. The van der Waals surface area contributed by atoms with Crippen molar-refractivity contribution in [2.75, 3.05) is 39.3 Å². The summed E-state index contributed by atoms with van der Waals surface area (Å²) >= 11 is 0. The third kappa shape index (κ3) is 6.46. The van der Waals surface area contributed by atoms with Crippen LogP contribution in [0.5, 0.6) is 5.75 Å². The lowest BCUT2D eigenvalue weighted by Gasteiger charge is -2.34. The van der Waals surface area contributed by atoms with Crippen molar-refractivity contribution >= 4 is 11.8 Å². The summed E-state index contributed by atoms with van der Waals surface area (Å²) in [5.74, 6) is 0.135. The standard InChI is InChI=1S/C23H26F3N3O3/c1-2-32-20-8-6-18(7-9-20)22(31)27-15-21(30)29-12-10-28(11-13-29)16-17-4-3-5-19(14-17)23(24,25)26/h3-9,14H,2,10-13,15-16H2,1H3,(H,27,31). The topological polar surface area (TPSA) is 61.9 Å². The van der Waals surface area contributed by atoms with Crippen molar-refractivity contribution in [3.63, 3.8) is 0 Å². The summed E-state index contributed by atoms with van der Waals surface area (Å²) < 4.78 is 44.0. The Morgan fingerprint density at radius 1 is 1.03 bits per heavy atom. The van der Waals surface area contributed by atoms with Gasteiger partial charge in [0, 0.05) is 38.3 Å². The monoisotopic (exact) mass is 449 g/mol. The van der Waals surface area contributed by atoms with E-state index in [1.54, 1.807) is 35.2 Å². The zero-order valence-corrected chi connectivity index (χ0v) is 17.8. The van der Waals surface area contributed by atoms with Gasteiger partial charge in [0.25, 0.3) is 5.91 Å². The second-order valence-electron chi connectivity index (χ2n) is 7.50. The summed E-state index contributed by atoms with van der Waals surface area (Å²) in [5, 5.41) is 2.63. The SMILES string of the molecule is CCOc1ccc(C(=O)NCC(=O)N2CCN(Cc3cccc(C(F)(F)F)c3)CC2)cc1. The van der Waals surface area contributed by atoms with Crippen molar-refractivity contribution in [2.24, 2.45) is 0 Å². The smallest absolute Gasteiger partial charge is 0.416 e. The summed E-state index contributed by atoms with van der Waals surface area (Å²) in [4.78, 5) is 28.3. The van der Waals surface area contributed by atoms with Gasteiger partial charge in [-0.05, 0) is 42.8 Å². The quantitative estimate of drug-likeness (QED) is 0.706. The third-order valence-corrected chi connectivity index (χ3v) is 5.21. The zero-order valence-electron chi connectivity index (χ0n) is 17.8. The first-order valence-electron chi connectivity index (χ1n) is 10.4. The second-order valence-corrected chi connectivity index (χ2v) is 7.50. The lowest BCUT2D eigenvalue weighted by Crippen LogP contribution is -2.50. The number of carbonyl (C=O) groups excluding carboxylic acids is 2. The maximum atomic E-state index is 12.9. The van der Waals surface area contributed by atoms with E-state index < -0.39 is 11.7 Å². The van der Waals surface area contributed by atoms with Crippen LogP contribution in [0.3, 0.4) is 0 Å². The molecule has 172 valence electrons. The number of benzene rings is 2. The van der Waals surface area contributed by atoms with Gasteiger partial charge in [0.05, 0.1) is 18.7 Å². The number of hydrogen-bond donors (Lipinski definition) is 1. The van der Waals surface area contributed by atoms with E-state index in [1.165, 1.54) is 6.07 Å². The molecule has 1 heterocycles. The fourth-order valence-electron chi connectivity index (χ4n) is 3.50. The Kier molecular flexibility index (Phi) is 7.74. The summed E-state index contributed by atoms with van der Waals surface area (Å²) in [7, 11) is 0. The van der Waals surface area contributed by atoms with Gasteiger partial charge in [-0.3, -0.25) is 14.5 Å². The van der Waals surface area contributed by atoms with Crippen LogP contribution in [0, 0.1) is 0 Å². The molecule has 0 radical (unpaired) electrons. The molecule has 0 bridgehead atoms. The zero-order chi connectivity index (χ0) is 23.1. The van der Waals surface area contributed by atoms with Gasteiger partial charge in [0.2, 0.25) is 5.91 Å². The molecule has 0 spiro atoms. The number of piperazine rings is 1. The van der Waals surface area contributed by atoms with E-state index >= 15 is 0 Å². The molecule has 0 saturated carbocycles. The van der Waals surface area contributed by atoms with Crippen LogP contribution in [-0.2, 0) is 17.5 Å². The number of nitrogens with zero attached hydrogens (tertiary/aromatic N) is 2. The first kappa shape index (κ1) is 23.6. The van der Waals surface area contributed by atoms with Crippen LogP contribution in [0.4, 0.5) is 13.2 Å². The number of ether oxygens (including phenoxy) is 1. The lowest BCUT2D eigenvalue weighted by atomic mass is 10.1. The summed E-state index contributed by atoms with van der Waals surface area (Å²) in [6.07, 6.45) is -4.36. The van der Waals surface area contributed by atoms with Crippen LogP contribution in [0.1, 0.15) is 28.4 Å². The van der Waals surface area contributed by atoms with Gasteiger partial charge in [0.1, 0.15) is 5.75 Å². The number of alkyl halides is 3. The molecule has 2 aromatic carbocycles. The number of nitrogens with one attached hydrogen (secondary N) is 1. The van der Waals surface area contributed by atoms with Crippen LogP contribution in [0.15, 0.2) is 48.5 Å². The highest BCUT2D eigenvalue weighted by Gasteiger charge is 2.30. The molecular weight excluding hydrogens is 423 g/mol. The average molecular weight is 449 g/mol. The van der Waals surface area contributed by atoms with Crippen LogP contribution in [0.2, 0.25) is 0 Å². The first-order valence-corrected chi connectivity index (χ1v) is 10.4. The molecule has 2 aromatic rings. The second kappa shape index (κ2) is 10.5. The molecule has 0 aliphatic carbocycles. The van der Waals surface area contributed by atoms with Gasteiger partial charge in [-0.25, -0.2) is 0 Å². The maximum Gasteiger partial charge on any atom is 0.416 e. The van der Waals surface area contributed by atoms with Gasteiger partial charge >= 0.3 is 6.18 Å². The molecule has 3 rings (SSSR count). The molecule has 1 aliphatic rings. The minimum Gasteiger partial charge on any atom is -0.494 e. The van der Waals surface area contributed by atoms with E-state index in [-0.39, 0.29) is 18.4 Å². The number of amides is 2. The van der Waals surface area contributed by atoms with Crippen molar-refractivity contribution in [3.05, 3.63) is 65.2 Å². The van der Waals surface area contributed by atoms with E-state index in [1.807, 2.05) is 11.8 Å². The molecule has 1 aliphatic heterocycles. The highest BCUT2D eigenvalue weighted by molar-refractivity contribution is 5.96. The molecule has 0 unspecified atom stereocenters. The summed E-state index contributed by atoms with van der Waals surface area (Å²) in [6, 6.07) is 12.0. The van der Waals surface area contributed by atoms with E-state index in [2.05, 4.69) is 5.32 Å². The van der Waals surface area contributed by atoms with Crippen molar-refractivity contribution in [3.8, 4) is 5.75 Å². The number of halogens is 3. The van der Waals surface area contributed by atoms with Crippen molar-refractivity contribution in [1.29, 1.82) is 0 Å².